The molecule has 0 atom stereocenters. The first kappa shape index (κ1) is 19.7. The third-order valence-corrected chi connectivity index (χ3v) is 5.63. The van der Waals surface area contributed by atoms with E-state index in [4.69, 9.17) is 23.2 Å². The molecule has 1 N–H and O–H groups in total. The molecule has 0 aliphatic heterocycles. The number of amides is 1. The summed E-state index contributed by atoms with van der Waals surface area (Å²) < 4.78 is 0. The van der Waals surface area contributed by atoms with Gasteiger partial charge in [-0.3, -0.25) is 4.79 Å². The highest BCUT2D eigenvalue weighted by Crippen LogP contribution is 2.29. The molecular formula is C23H23Cl2NO. The quantitative estimate of drug-likeness (QED) is 0.510. The Morgan fingerprint density at radius 1 is 0.889 bits per heavy atom. The lowest BCUT2D eigenvalue weighted by molar-refractivity contribution is 0.0911. The molecule has 4 heteroatoms. The van der Waals surface area contributed by atoms with Crippen LogP contribution in [0.15, 0.2) is 54.6 Å². The number of fused-ring (bicyclic) bond motifs is 1. The van der Waals surface area contributed by atoms with Gasteiger partial charge in [-0.15, -0.1) is 0 Å². The fourth-order valence-corrected chi connectivity index (χ4v) is 3.22. The average molecular weight is 400 g/mol. The maximum absolute atomic E-state index is 12.4. The van der Waals surface area contributed by atoms with Crippen LogP contribution in [0, 0.1) is 0 Å². The van der Waals surface area contributed by atoms with Crippen LogP contribution in [0.1, 0.15) is 48.7 Å². The molecule has 0 bridgehead atoms. The van der Waals surface area contributed by atoms with Crippen molar-refractivity contribution in [3.63, 3.8) is 0 Å². The van der Waals surface area contributed by atoms with Gasteiger partial charge >= 0.3 is 0 Å². The fourth-order valence-electron chi connectivity index (χ4n) is 2.88. The molecule has 3 rings (SSSR count). The van der Waals surface area contributed by atoms with Gasteiger partial charge in [0.25, 0.3) is 5.91 Å². The summed E-state index contributed by atoms with van der Waals surface area (Å²) in [7, 11) is 0. The molecule has 0 aliphatic carbocycles. The van der Waals surface area contributed by atoms with Crippen LogP contribution in [-0.2, 0) is 6.42 Å². The summed E-state index contributed by atoms with van der Waals surface area (Å²) in [4.78, 5) is 12.4. The molecule has 0 saturated carbocycles. The second kappa shape index (κ2) is 7.92. The molecule has 3 aromatic carbocycles. The first-order valence-electron chi connectivity index (χ1n) is 9.06. The zero-order valence-corrected chi connectivity index (χ0v) is 17.3. The number of carbonyl (C=O) groups is 1. The second-order valence-corrected chi connectivity index (χ2v) is 8.33. The Morgan fingerprint density at radius 3 is 2.11 bits per heavy atom. The van der Waals surface area contributed by atoms with Gasteiger partial charge in [0, 0.05) is 11.1 Å². The number of halogens is 2. The van der Waals surface area contributed by atoms with E-state index in [-0.39, 0.29) is 11.4 Å². The molecule has 0 aromatic heterocycles. The van der Waals surface area contributed by atoms with Crippen molar-refractivity contribution < 1.29 is 4.79 Å². The standard InChI is InChI=1S/C23H23Cl2NO/c1-4-23(2,3)26-22(27)17-8-5-15(6-9-17)11-16-7-10-18-13-20(24)21(25)14-19(18)12-16/h5-10,12-14H,4,11H2,1-3H3,(H,26,27). The minimum atomic E-state index is -0.203. The molecule has 0 heterocycles. The summed E-state index contributed by atoms with van der Waals surface area (Å²) in [5.74, 6) is -0.0365. The van der Waals surface area contributed by atoms with E-state index >= 15 is 0 Å². The molecule has 27 heavy (non-hydrogen) atoms. The summed E-state index contributed by atoms with van der Waals surface area (Å²) in [5.41, 5.74) is 2.82. The van der Waals surface area contributed by atoms with Gasteiger partial charge < -0.3 is 5.32 Å². The molecule has 3 aromatic rings. The highest BCUT2D eigenvalue weighted by atomic mass is 35.5. The Labute approximate surface area is 170 Å². The topological polar surface area (TPSA) is 29.1 Å². The van der Waals surface area contributed by atoms with Crippen molar-refractivity contribution in [2.75, 3.05) is 0 Å². The molecule has 0 saturated heterocycles. The summed E-state index contributed by atoms with van der Waals surface area (Å²) in [6.07, 6.45) is 1.67. The molecular weight excluding hydrogens is 377 g/mol. The van der Waals surface area contributed by atoms with Crippen LogP contribution < -0.4 is 5.32 Å². The maximum atomic E-state index is 12.4. The lowest BCUT2D eigenvalue weighted by atomic mass is 9.99. The molecule has 0 spiro atoms. The lowest BCUT2D eigenvalue weighted by Gasteiger charge is -2.24. The molecule has 0 fully saturated rings. The van der Waals surface area contributed by atoms with E-state index in [1.807, 2.05) is 50.2 Å². The Hall–Kier alpha value is -2.03. The highest BCUT2D eigenvalue weighted by Gasteiger charge is 2.18. The largest absolute Gasteiger partial charge is 0.347 e. The summed E-state index contributed by atoms with van der Waals surface area (Å²) in [6.45, 7) is 6.12. The molecule has 1 amide bonds. The molecule has 0 aliphatic rings. The van der Waals surface area contributed by atoms with Gasteiger partial charge in [0.15, 0.2) is 0 Å². The van der Waals surface area contributed by atoms with Crippen molar-refractivity contribution in [2.45, 2.75) is 39.2 Å². The van der Waals surface area contributed by atoms with Gasteiger partial charge in [-0.1, -0.05) is 60.5 Å². The van der Waals surface area contributed by atoms with Crippen molar-refractivity contribution in [1.82, 2.24) is 5.32 Å². The van der Waals surface area contributed by atoms with Crippen LogP contribution >= 0.6 is 23.2 Å². The Kier molecular flexibility index (Phi) is 5.78. The van der Waals surface area contributed by atoms with E-state index in [1.165, 1.54) is 5.56 Å². The zero-order valence-electron chi connectivity index (χ0n) is 15.8. The Balaban J connectivity index is 1.75. The minimum Gasteiger partial charge on any atom is -0.347 e. The molecule has 140 valence electrons. The number of nitrogens with one attached hydrogen (secondary N) is 1. The van der Waals surface area contributed by atoms with Crippen LogP contribution in [0.3, 0.4) is 0 Å². The van der Waals surface area contributed by atoms with Crippen LogP contribution in [0.4, 0.5) is 0 Å². The summed E-state index contributed by atoms with van der Waals surface area (Å²) in [6, 6.07) is 17.8. The number of rotatable bonds is 5. The fraction of sp³-hybridized carbons (Fsp3) is 0.261. The molecule has 0 unspecified atom stereocenters. The summed E-state index contributed by atoms with van der Waals surface area (Å²) >= 11 is 12.2. The lowest BCUT2D eigenvalue weighted by Crippen LogP contribution is -2.42. The van der Waals surface area contributed by atoms with Crippen molar-refractivity contribution in [2.24, 2.45) is 0 Å². The monoisotopic (exact) mass is 399 g/mol. The average Bonchev–Trinajstić information content (AvgIpc) is 2.63. The Morgan fingerprint density at radius 2 is 1.48 bits per heavy atom. The number of hydrogen-bond donors (Lipinski definition) is 1. The number of benzene rings is 3. The first-order chi connectivity index (χ1) is 12.8. The van der Waals surface area contributed by atoms with Crippen molar-refractivity contribution in [3.05, 3.63) is 81.3 Å². The van der Waals surface area contributed by atoms with E-state index < -0.39 is 0 Å². The van der Waals surface area contributed by atoms with Crippen molar-refractivity contribution >= 4 is 39.9 Å². The normalized spacial score (nSPS) is 11.6. The van der Waals surface area contributed by atoms with E-state index in [0.29, 0.717) is 15.6 Å². The van der Waals surface area contributed by atoms with Gasteiger partial charge in [-0.2, -0.15) is 0 Å². The minimum absolute atomic E-state index is 0.0365. The van der Waals surface area contributed by atoms with Crippen LogP contribution in [0.25, 0.3) is 10.8 Å². The molecule has 0 radical (unpaired) electrons. The van der Waals surface area contributed by atoms with Crippen molar-refractivity contribution in [3.8, 4) is 0 Å². The zero-order chi connectivity index (χ0) is 19.6. The number of hydrogen-bond acceptors (Lipinski definition) is 1. The first-order valence-corrected chi connectivity index (χ1v) is 9.82. The van der Waals surface area contributed by atoms with Crippen LogP contribution in [-0.4, -0.2) is 11.4 Å². The SMILES string of the molecule is CCC(C)(C)NC(=O)c1ccc(Cc2ccc3cc(Cl)c(Cl)cc3c2)cc1. The molecule has 2 nitrogen and oxygen atoms in total. The predicted molar refractivity (Wildman–Crippen MR) is 115 cm³/mol. The smallest absolute Gasteiger partial charge is 0.251 e. The predicted octanol–water partition coefficient (Wildman–Crippen LogP) is 6.66. The maximum Gasteiger partial charge on any atom is 0.251 e. The van der Waals surface area contributed by atoms with Gasteiger partial charge in [0.1, 0.15) is 0 Å². The van der Waals surface area contributed by atoms with Crippen LogP contribution in [0.5, 0.6) is 0 Å². The van der Waals surface area contributed by atoms with E-state index in [0.717, 1.165) is 29.2 Å². The van der Waals surface area contributed by atoms with Gasteiger partial charge in [0.05, 0.1) is 10.0 Å². The van der Waals surface area contributed by atoms with Gasteiger partial charge in [-0.25, -0.2) is 0 Å². The van der Waals surface area contributed by atoms with E-state index in [2.05, 4.69) is 30.4 Å². The third kappa shape index (κ3) is 4.82. The van der Waals surface area contributed by atoms with Crippen LogP contribution in [0.2, 0.25) is 10.0 Å². The third-order valence-electron chi connectivity index (χ3n) is 4.90. The second-order valence-electron chi connectivity index (χ2n) is 7.51. The van der Waals surface area contributed by atoms with Gasteiger partial charge in [0.2, 0.25) is 0 Å². The van der Waals surface area contributed by atoms with Gasteiger partial charge in [-0.05, 0) is 72.9 Å². The number of carbonyl (C=O) groups excluding carboxylic acids is 1. The van der Waals surface area contributed by atoms with E-state index in [1.54, 1.807) is 0 Å². The Bertz CT molecular complexity index is 978. The van der Waals surface area contributed by atoms with Crippen molar-refractivity contribution in [1.29, 1.82) is 0 Å². The highest BCUT2D eigenvalue weighted by molar-refractivity contribution is 6.42. The summed E-state index contributed by atoms with van der Waals surface area (Å²) in [5, 5.41) is 6.32. The van der Waals surface area contributed by atoms with E-state index in [9.17, 15) is 4.79 Å².